The summed E-state index contributed by atoms with van der Waals surface area (Å²) in [6.45, 7) is 10.1. The molecule has 2 atom stereocenters. The van der Waals surface area contributed by atoms with Crippen LogP contribution in [0, 0.1) is 5.92 Å². The summed E-state index contributed by atoms with van der Waals surface area (Å²) in [6.07, 6.45) is 5.56. The van der Waals surface area contributed by atoms with Gasteiger partial charge in [0.05, 0.1) is 0 Å². The lowest BCUT2D eigenvalue weighted by Crippen LogP contribution is -2.58. The van der Waals surface area contributed by atoms with Crippen LogP contribution in [0.3, 0.4) is 0 Å². The Balaban J connectivity index is 1.97. The Bertz CT molecular complexity index is 411. The normalized spacial score (nSPS) is 24.6. The molecule has 2 rings (SSSR count). The maximum Gasteiger partial charge on any atom is 0.0247 e. The standard InChI is InChI=1S/C18H28N2/c1-4-5-11-20-14-17(19-13-18(20)15(2)3)12-16-9-7-6-8-10-16/h4-10,15,17-19H,11-14H2,1-3H3/b5-4+. The van der Waals surface area contributed by atoms with E-state index in [1.807, 2.05) is 0 Å². The van der Waals surface area contributed by atoms with Crippen molar-refractivity contribution in [3.63, 3.8) is 0 Å². The molecule has 2 nitrogen and oxygen atoms in total. The van der Waals surface area contributed by atoms with Gasteiger partial charge < -0.3 is 5.32 Å². The fourth-order valence-corrected chi connectivity index (χ4v) is 3.04. The van der Waals surface area contributed by atoms with Crippen LogP contribution < -0.4 is 5.32 Å². The van der Waals surface area contributed by atoms with Crippen molar-refractivity contribution in [1.82, 2.24) is 10.2 Å². The van der Waals surface area contributed by atoms with Crippen LogP contribution in [0.4, 0.5) is 0 Å². The molecule has 20 heavy (non-hydrogen) atoms. The summed E-state index contributed by atoms with van der Waals surface area (Å²) in [4.78, 5) is 2.63. The average Bonchev–Trinajstić information content (AvgIpc) is 2.46. The van der Waals surface area contributed by atoms with E-state index in [9.17, 15) is 0 Å². The minimum Gasteiger partial charge on any atom is -0.311 e. The van der Waals surface area contributed by atoms with Gasteiger partial charge in [-0.15, -0.1) is 0 Å². The average molecular weight is 272 g/mol. The highest BCUT2D eigenvalue weighted by atomic mass is 15.2. The lowest BCUT2D eigenvalue weighted by Gasteiger charge is -2.42. The first-order chi connectivity index (χ1) is 9.70. The fraction of sp³-hybridized carbons (Fsp3) is 0.556. The van der Waals surface area contributed by atoms with E-state index in [0.717, 1.165) is 26.1 Å². The second kappa shape index (κ2) is 7.61. The SMILES string of the molecule is C/C=C/CN1CC(Cc2ccccc2)NCC1C(C)C. The zero-order chi connectivity index (χ0) is 14.4. The summed E-state index contributed by atoms with van der Waals surface area (Å²) >= 11 is 0. The van der Waals surface area contributed by atoms with Crippen LogP contribution >= 0.6 is 0 Å². The lowest BCUT2D eigenvalue weighted by atomic mass is 9.96. The summed E-state index contributed by atoms with van der Waals surface area (Å²) in [5, 5.41) is 3.74. The van der Waals surface area contributed by atoms with Crippen molar-refractivity contribution in [3.8, 4) is 0 Å². The van der Waals surface area contributed by atoms with Crippen molar-refractivity contribution >= 4 is 0 Å². The minimum atomic E-state index is 0.567. The molecule has 2 unspecified atom stereocenters. The van der Waals surface area contributed by atoms with Crippen LogP contribution in [-0.2, 0) is 6.42 Å². The molecule has 0 radical (unpaired) electrons. The molecule has 1 N–H and O–H groups in total. The van der Waals surface area contributed by atoms with Crippen molar-refractivity contribution in [3.05, 3.63) is 48.0 Å². The van der Waals surface area contributed by atoms with E-state index < -0.39 is 0 Å². The van der Waals surface area contributed by atoms with Gasteiger partial charge in [0.25, 0.3) is 0 Å². The predicted octanol–water partition coefficient (Wildman–Crippen LogP) is 3.10. The van der Waals surface area contributed by atoms with Gasteiger partial charge in [-0.2, -0.15) is 0 Å². The Hall–Kier alpha value is -1.12. The van der Waals surface area contributed by atoms with E-state index in [1.54, 1.807) is 0 Å². The number of rotatable bonds is 5. The second-order valence-electron chi connectivity index (χ2n) is 6.13. The molecule has 1 aromatic carbocycles. The van der Waals surface area contributed by atoms with E-state index in [-0.39, 0.29) is 0 Å². The lowest BCUT2D eigenvalue weighted by molar-refractivity contribution is 0.111. The Morgan fingerprint density at radius 2 is 2.05 bits per heavy atom. The molecule has 1 aromatic rings. The molecule has 1 aliphatic heterocycles. The fourth-order valence-electron chi connectivity index (χ4n) is 3.04. The smallest absolute Gasteiger partial charge is 0.0247 e. The number of nitrogens with zero attached hydrogens (tertiary/aromatic N) is 1. The van der Waals surface area contributed by atoms with Crippen LogP contribution in [0.15, 0.2) is 42.5 Å². The van der Waals surface area contributed by atoms with Crippen LogP contribution in [0.2, 0.25) is 0 Å². The van der Waals surface area contributed by atoms with Gasteiger partial charge in [0, 0.05) is 31.7 Å². The van der Waals surface area contributed by atoms with E-state index in [0.29, 0.717) is 18.0 Å². The number of nitrogens with one attached hydrogen (secondary N) is 1. The van der Waals surface area contributed by atoms with Gasteiger partial charge in [0.2, 0.25) is 0 Å². The number of allylic oxidation sites excluding steroid dienone is 1. The third kappa shape index (κ3) is 4.19. The van der Waals surface area contributed by atoms with Crippen molar-refractivity contribution in [1.29, 1.82) is 0 Å². The van der Waals surface area contributed by atoms with Crippen molar-refractivity contribution in [2.24, 2.45) is 5.92 Å². The first-order valence-corrected chi connectivity index (χ1v) is 7.83. The monoisotopic (exact) mass is 272 g/mol. The summed E-state index contributed by atoms with van der Waals surface area (Å²) in [5.41, 5.74) is 1.43. The Morgan fingerprint density at radius 1 is 1.30 bits per heavy atom. The van der Waals surface area contributed by atoms with E-state index in [4.69, 9.17) is 0 Å². The number of hydrogen-bond donors (Lipinski definition) is 1. The summed E-state index contributed by atoms with van der Waals surface area (Å²) < 4.78 is 0. The molecule has 1 fully saturated rings. The molecule has 1 aliphatic rings. The Labute approximate surface area is 123 Å². The van der Waals surface area contributed by atoms with Gasteiger partial charge in [0.15, 0.2) is 0 Å². The highest BCUT2D eigenvalue weighted by Crippen LogP contribution is 2.17. The van der Waals surface area contributed by atoms with Crippen LogP contribution in [0.5, 0.6) is 0 Å². The van der Waals surface area contributed by atoms with Crippen molar-refractivity contribution in [2.45, 2.75) is 39.3 Å². The first kappa shape index (κ1) is 15.3. The highest BCUT2D eigenvalue weighted by Gasteiger charge is 2.28. The van der Waals surface area contributed by atoms with Crippen LogP contribution in [-0.4, -0.2) is 36.6 Å². The van der Waals surface area contributed by atoms with E-state index >= 15 is 0 Å². The molecule has 1 saturated heterocycles. The van der Waals surface area contributed by atoms with Gasteiger partial charge >= 0.3 is 0 Å². The quantitative estimate of drug-likeness (QED) is 0.829. The molecular formula is C18H28N2. The topological polar surface area (TPSA) is 15.3 Å². The summed E-state index contributed by atoms with van der Waals surface area (Å²) in [5.74, 6) is 0.699. The predicted molar refractivity (Wildman–Crippen MR) is 86.9 cm³/mol. The molecule has 0 aliphatic carbocycles. The molecule has 0 aromatic heterocycles. The molecule has 0 saturated carbocycles. The van der Waals surface area contributed by atoms with Crippen molar-refractivity contribution < 1.29 is 0 Å². The molecule has 0 amide bonds. The zero-order valence-electron chi connectivity index (χ0n) is 13.0. The van der Waals surface area contributed by atoms with Gasteiger partial charge in [-0.1, -0.05) is 56.3 Å². The highest BCUT2D eigenvalue weighted by molar-refractivity contribution is 5.16. The summed E-state index contributed by atoms with van der Waals surface area (Å²) in [7, 11) is 0. The third-order valence-electron chi connectivity index (χ3n) is 4.21. The van der Waals surface area contributed by atoms with Gasteiger partial charge in [-0.05, 0) is 24.8 Å². The van der Waals surface area contributed by atoms with E-state index in [1.165, 1.54) is 5.56 Å². The van der Waals surface area contributed by atoms with Crippen LogP contribution in [0.25, 0.3) is 0 Å². The molecular weight excluding hydrogens is 244 g/mol. The number of benzene rings is 1. The van der Waals surface area contributed by atoms with Gasteiger partial charge in [0.1, 0.15) is 0 Å². The minimum absolute atomic E-state index is 0.567. The zero-order valence-corrected chi connectivity index (χ0v) is 13.0. The maximum absolute atomic E-state index is 3.74. The van der Waals surface area contributed by atoms with Gasteiger partial charge in [-0.3, -0.25) is 4.90 Å². The number of piperazine rings is 1. The third-order valence-corrected chi connectivity index (χ3v) is 4.21. The first-order valence-electron chi connectivity index (χ1n) is 7.83. The Kier molecular flexibility index (Phi) is 5.81. The molecule has 0 bridgehead atoms. The van der Waals surface area contributed by atoms with Crippen molar-refractivity contribution in [2.75, 3.05) is 19.6 Å². The summed E-state index contributed by atoms with van der Waals surface area (Å²) in [6, 6.07) is 12.0. The van der Waals surface area contributed by atoms with E-state index in [2.05, 4.69) is 73.5 Å². The largest absolute Gasteiger partial charge is 0.311 e. The van der Waals surface area contributed by atoms with Gasteiger partial charge in [-0.25, -0.2) is 0 Å². The molecule has 0 spiro atoms. The molecule has 2 heteroatoms. The Morgan fingerprint density at radius 3 is 2.70 bits per heavy atom. The van der Waals surface area contributed by atoms with Crippen LogP contribution in [0.1, 0.15) is 26.3 Å². The maximum atomic E-state index is 3.74. The number of hydrogen-bond acceptors (Lipinski definition) is 2. The molecule has 110 valence electrons. The second-order valence-corrected chi connectivity index (χ2v) is 6.13. The molecule has 1 heterocycles.